The third kappa shape index (κ3) is 4.25. The maximum Gasteiger partial charge on any atom is 0.230 e. The van der Waals surface area contributed by atoms with Crippen LogP contribution in [0, 0.1) is 0 Å². The van der Waals surface area contributed by atoms with E-state index in [0.717, 1.165) is 35.3 Å². The van der Waals surface area contributed by atoms with Gasteiger partial charge in [0, 0.05) is 18.9 Å². The highest BCUT2D eigenvalue weighted by atomic mass is 32.2. The summed E-state index contributed by atoms with van der Waals surface area (Å²) in [5, 5.41) is 2.93. The first-order valence-corrected chi connectivity index (χ1v) is 9.09. The third-order valence-corrected chi connectivity index (χ3v) is 5.68. The molecule has 4 nitrogen and oxygen atoms in total. The first-order chi connectivity index (χ1) is 10.3. The molecule has 0 spiro atoms. The van der Waals surface area contributed by atoms with E-state index in [-0.39, 0.29) is 12.0 Å². The molecular formula is C15H18N2O2S2. The molecule has 21 heavy (non-hydrogen) atoms. The number of amides is 1. The summed E-state index contributed by atoms with van der Waals surface area (Å²) in [4.78, 5) is 16.4. The van der Waals surface area contributed by atoms with E-state index in [1.165, 1.54) is 17.3 Å². The van der Waals surface area contributed by atoms with Gasteiger partial charge in [-0.05, 0) is 24.5 Å². The molecule has 0 bridgehead atoms. The Morgan fingerprint density at radius 2 is 2.38 bits per heavy atom. The number of para-hydroxylation sites is 1. The number of carbonyl (C=O) groups is 1. The van der Waals surface area contributed by atoms with Gasteiger partial charge in [0.25, 0.3) is 0 Å². The maximum absolute atomic E-state index is 11.8. The zero-order valence-corrected chi connectivity index (χ0v) is 13.3. The number of aliphatic imine (C=N–C) groups is 1. The van der Waals surface area contributed by atoms with Crippen molar-refractivity contribution in [1.29, 1.82) is 0 Å². The average Bonchev–Trinajstić information content (AvgIpc) is 3.04. The summed E-state index contributed by atoms with van der Waals surface area (Å²) in [6, 6.07) is 8.15. The Morgan fingerprint density at radius 3 is 3.24 bits per heavy atom. The first-order valence-electron chi connectivity index (χ1n) is 7.12. The van der Waals surface area contributed by atoms with Crippen LogP contribution in [0.25, 0.3) is 0 Å². The second-order valence-electron chi connectivity index (χ2n) is 5.02. The van der Waals surface area contributed by atoms with Gasteiger partial charge in [-0.25, -0.2) is 4.99 Å². The van der Waals surface area contributed by atoms with Gasteiger partial charge < -0.3 is 10.1 Å². The minimum Gasteiger partial charge on any atom is -0.376 e. The first kappa shape index (κ1) is 14.9. The number of thioether (sulfide) groups is 2. The topological polar surface area (TPSA) is 50.7 Å². The molecule has 2 heterocycles. The quantitative estimate of drug-likeness (QED) is 0.926. The molecule has 1 saturated heterocycles. The molecule has 3 rings (SSSR count). The Morgan fingerprint density at radius 1 is 1.48 bits per heavy atom. The molecule has 1 N–H and O–H groups in total. The Kier molecular flexibility index (Phi) is 5.22. The van der Waals surface area contributed by atoms with Crippen LogP contribution >= 0.6 is 23.5 Å². The minimum absolute atomic E-state index is 0.0534. The lowest BCUT2D eigenvalue weighted by atomic mass is 10.2. The number of nitrogens with zero attached hydrogens (tertiary/aromatic N) is 1. The molecule has 0 aliphatic carbocycles. The number of nitrogens with one attached hydrogen (secondary N) is 1. The molecule has 2 aliphatic rings. The number of hydrogen-bond acceptors (Lipinski definition) is 5. The van der Waals surface area contributed by atoms with Gasteiger partial charge in [0.05, 0.1) is 17.5 Å². The summed E-state index contributed by atoms with van der Waals surface area (Å²) in [5.41, 5.74) is 2.29. The third-order valence-electron chi connectivity index (χ3n) is 3.43. The molecule has 1 amide bonds. The van der Waals surface area contributed by atoms with Crippen molar-refractivity contribution in [1.82, 2.24) is 5.32 Å². The van der Waals surface area contributed by atoms with E-state index < -0.39 is 0 Å². The van der Waals surface area contributed by atoms with Gasteiger partial charge in [-0.2, -0.15) is 0 Å². The zero-order chi connectivity index (χ0) is 14.5. The summed E-state index contributed by atoms with van der Waals surface area (Å²) < 4.78 is 6.46. The number of carbonyl (C=O) groups excluding carboxylic acids is 1. The van der Waals surface area contributed by atoms with E-state index >= 15 is 0 Å². The highest BCUT2D eigenvalue weighted by molar-refractivity contribution is 8.38. The van der Waals surface area contributed by atoms with Crippen LogP contribution in [-0.2, 0) is 15.3 Å². The van der Waals surface area contributed by atoms with E-state index in [1.807, 2.05) is 18.2 Å². The molecular weight excluding hydrogens is 304 g/mol. The molecule has 0 unspecified atom stereocenters. The smallest absolute Gasteiger partial charge is 0.230 e. The van der Waals surface area contributed by atoms with E-state index in [0.29, 0.717) is 12.3 Å². The lowest BCUT2D eigenvalue weighted by Crippen LogP contribution is -2.33. The lowest BCUT2D eigenvalue weighted by Gasteiger charge is -2.14. The van der Waals surface area contributed by atoms with Crippen molar-refractivity contribution in [3.8, 4) is 0 Å². The standard InChI is InChI=1S/C15H18N2O2S2/c18-14(16-8-12-5-3-7-19-12)10-21-15-17-13-6-2-1-4-11(13)9-20-15/h1-2,4,6,12H,3,5,7-10H2,(H,16,18)/t12-/m0/s1. The van der Waals surface area contributed by atoms with E-state index in [9.17, 15) is 4.79 Å². The SMILES string of the molecule is O=C(CSC1=Nc2ccccc2CS1)NC[C@@H]1CCCO1. The summed E-state index contributed by atoms with van der Waals surface area (Å²) in [5.74, 6) is 1.40. The van der Waals surface area contributed by atoms with Crippen LogP contribution < -0.4 is 5.32 Å². The number of hydrogen-bond donors (Lipinski definition) is 1. The van der Waals surface area contributed by atoms with Gasteiger partial charge in [0.1, 0.15) is 4.38 Å². The van der Waals surface area contributed by atoms with Crippen LogP contribution in [0.5, 0.6) is 0 Å². The zero-order valence-electron chi connectivity index (χ0n) is 11.7. The number of rotatable bonds is 4. The van der Waals surface area contributed by atoms with Crippen LogP contribution in [0.1, 0.15) is 18.4 Å². The molecule has 1 aromatic carbocycles. The van der Waals surface area contributed by atoms with Crippen molar-refractivity contribution in [2.45, 2.75) is 24.7 Å². The predicted molar refractivity (Wildman–Crippen MR) is 89.3 cm³/mol. The molecule has 2 aliphatic heterocycles. The Hall–Kier alpha value is -0.980. The molecule has 1 fully saturated rings. The molecule has 0 radical (unpaired) electrons. The van der Waals surface area contributed by atoms with Gasteiger partial charge in [-0.15, -0.1) is 0 Å². The second-order valence-corrected chi connectivity index (χ2v) is 7.21. The van der Waals surface area contributed by atoms with Gasteiger partial charge in [0.15, 0.2) is 0 Å². The van der Waals surface area contributed by atoms with Crippen molar-refractivity contribution in [3.63, 3.8) is 0 Å². The number of ether oxygens (including phenoxy) is 1. The Balaban J connectivity index is 1.45. The van der Waals surface area contributed by atoms with Crippen molar-refractivity contribution < 1.29 is 9.53 Å². The highest BCUT2D eigenvalue weighted by Crippen LogP contribution is 2.34. The van der Waals surface area contributed by atoms with Gasteiger partial charge >= 0.3 is 0 Å². The fourth-order valence-corrected chi connectivity index (χ4v) is 4.19. The summed E-state index contributed by atoms with van der Waals surface area (Å²) in [7, 11) is 0. The average molecular weight is 322 g/mol. The highest BCUT2D eigenvalue weighted by Gasteiger charge is 2.17. The fourth-order valence-electron chi connectivity index (χ4n) is 2.30. The van der Waals surface area contributed by atoms with Crippen LogP contribution in [0.4, 0.5) is 5.69 Å². The molecule has 0 saturated carbocycles. The molecule has 0 aromatic heterocycles. The predicted octanol–water partition coefficient (Wildman–Crippen LogP) is 2.95. The molecule has 112 valence electrons. The van der Waals surface area contributed by atoms with Crippen LogP contribution in [0.15, 0.2) is 29.3 Å². The van der Waals surface area contributed by atoms with E-state index in [1.54, 1.807) is 11.8 Å². The summed E-state index contributed by atoms with van der Waals surface area (Å²) in [6.45, 7) is 1.45. The Bertz CT molecular complexity index is 542. The van der Waals surface area contributed by atoms with E-state index in [4.69, 9.17) is 4.74 Å². The van der Waals surface area contributed by atoms with Crippen molar-refractivity contribution in [2.75, 3.05) is 18.9 Å². The second kappa shape index (κ2) is 7.33. The maximum atomic E-state index is 11.8. The molecule has 6 heteroatoms. The number of fused-ring (bicyclic) bond motifs is 1. The summed E-state index contributed by atoms with van der Waals surface area (Å²) in [6.07, 6.45) is 2.35. The molecule has 1 atom stereocenters. The van der Waals surface area contributed by atoms with E-state index in [2.05, 4.69) is 16.4 Å². The van der Waals surface area contributed by atoms with Crippen molar-refractivity contribution in [2.24, 2.45) is 4.99 Å². The lowest BCUT2D eigenvalue weighted by molar-refractivity contribution is -0.119. The van der Waals surface area contributed by atoms with Gasteiger partial charge in [0.2, 0.25) is 5.91 Å². The van der Waals surface area contributed by atoms with Gasteiger partial charge in [-0.1, -0.05) is 41.7 Å². The Labute approximate surface area is 133 Å². The number of benzene rings is 1. The van der Waals surface area contributed by atoms with Crippen molar-refractivity contribution in [3.05, 3.63) is 29.8 Å². The monoisotopic (exact) mass is 322 g/mol. The largest absolute Gasteiger partial charge is 0.376 e. The summed E-state index contributed by atoms with van der Waals surface area (Å²) >= 11 is 3.21. The fraction of sp³-hybridized carbons (Fsp3) is 0.467. The van der Waals surface area contributed by atoms with Crippen LogP contribution in [-0.4, -0.2) is 35.3 Å². The van der Waals surface area contributed by atoms with Crippen molar-refractivity contribution >= 4 is 39.5 Å². The molecule has 1 aromatic rings. The normalized spacial score (nSPS) is 20.8. The van der Waals surface area contributed by atoms with Crippen LogP contribution in [0.3, 0.4) is 0 Å². The van der Waals surface area contributed by atoms with Gasteiger partial charge in [-0.3, -0.25) is 4.79 Å². The minimum atomic E-state index is 0.0534. The van der Waals surface area contributed by atoms with Crippen LogP contribution in [0.2, 0.25) is 0 Å².